The molecule has 10 heteroatoms. The zero-order valence-electron chi connectivity index (χ0n) is 17.5. The van der Waals surface area contributed by atoms with E-state index in [9.17, 15) is 9.59 Å². The van der Waals surface area contributed by atoms with Gasteiger partial charge in [0.05, 0.1) is 29.2 Å². The fraction of sp³-hybridized carbons (Fsp3) is 0.455. The molecule has 0 radical (unpaired) electrons. The number of thioether (sulfide) groups is 1. The molecule has 0 aromatic carbocycles. The number of nitrogens with zero attached hydrogens (tertiary/aromatic N) is 3. The molecule has 5 rings (SSSR count). The Balaban J connectivity index is 1.47. The summed E-state index contributed by atoms with van der Waals surface area (Å²) in [6.07, 6.45) is 7.29. The van der Waals surface area contributed by atoms with Crippen LogP contribution < -0.4 is 10.9 Å². The van der Waals surface area contributed by atoms with Crippen LogP contribution in [0.25, 0.3) is 11.7 Å². The molecule has 168 valence electrons. The van der Waals surface area contributed by atoms with E-state index < -0.39 is 0 Å². The predicted molar refractivity (Wildman–Crippen MR) is 128 cm³/mol. The lowest BCUT2D eigenvalue weighted by molar-refractivity contribution is -0.123. The average molecular weight is 473 g/mol. The van der Waals surface area contributed by atoms with Gasteiger partial charge in [-0.3, -0.25) is 18.9 Å². The zero-order valence-corrected chi connectivity index (χ0v) is 19.1. The summed E-state index contributed by atoms with van der Waals surface area (Å²) in [5.74, 6) is 0.249. The van der Waals surface area contributed by atoms with Crippen molar-refractivity contribution in [3.05, 3.63) is 45.2 Å². The van der Waals surface area contributed by atoms with Gasteiger partial charge in [-0.1, -0.05) is 30.0 Å². The third-order valence-electron chi connectivity index (χ3n) is 5.85. The van der Waals surface area contributed by atoms with Gasteiger partial charge in [-0.2, -0.15) is 0 Å². The SMILES string of the molecule is O=C1/C(=C\c2c(NCC3CCCO3)nc3ccccn3c2=O)SC(=S)N1CC1CCCO1. The van der Waals surface area contributed by atoms with Crippen molar-refractivity contribution >= 4 is 51.7 Å². The fourth-order valence-corrected chi connectivity index (χ4v) is 5.42. The number of ether oxygens (including phenoxy) is 2. The Bertz CT molecular complexity index is 1140. The van der Waals surface area contributed by atoms with Crippen molar-refractivity contribution in [1.82, 2.24) is 14.3 Å². The fourth-order valence-electron chi connectivity index (χ4n) is 4.16. The van der Waals surface area contributed by atoms with Gasteiger partial charge < -0.3 is 14.8 Å². The Labute approximate surface area is 195 Å². The molecule has 2 atom stereocenters. The first kappa shape index (κ1) is 21.6. The smallest absolute Gasteiger partial charge is 0.267 e. The quantitative estimate of drug-likeness (QED) is 0.507. The van der Waals surface area contributed by atoms with E-state index in [1.807, 2.05) is 6.07 Å². The van der Waals surface area contributed by atoms with Crippen LogP contribution in [0.15, 0.2) is 34.1 Å². The lowest BCUT2D eigenvalue weighted by Gasteiger charge is -2.18. The second-order valence-corrected chi connectivity index (χ2v) is 9.73. The summed E-state index contributed by atoms with van der Waals surface area (Å²) in [4.78, 5) is 33.0. The van der Waals surface area contributed by atoms with Crippen LogP contribution in [0.5, 0.6) is 0 Å². The number of fused-ring (bicyclic) bond motifs is 1. The summed E-state index contributed by atoms with van der Waals surface area (Å²) in [6.45, 7) is 2.46. The Morgan fingerprint density at radius 2 is 1.97 bits per heavy atom. The molecule has 0 spiro atoms. The normalized spacial score (nSPS) is 24.9. The summed E-state index contributed by atoms with van der Waals surface area (Å²) < 4.78 is 13.3. The predicted octanol–water partition coefficient (Wildman–Crippen LogP) is 2.67. The van der Waals surface area contributed by atoms with E-state index >= 15 is 0 Å². The summed E-state index contributed by atoms with van der Waals surface area (Å²) in [5, 5.41) is 3.28. The molecule has 3 saturated heterocycles. The summed E-state index contributed by atoms with van der Waals surface area (Å²) in [7, 11) is 0. The number of aromatic nitrogens is 2. The highest BCUT2D eigenvalue weighted by Gasteiger charge is 2.35. The first-order valence-corrected chi connectivity index (χ1v) is 12.1. The molecule has 2 unspecified atom stereocenters. The lowest BCUT2D eigenvalue weighted by atomic mass is 10.2. The van der Waals surface area contributed by atoms with Crippen LogP contribution in [-0.4, -0.2) is 63.0 Å². The number of amides is 1. The number of carbonyl (C=O) groups excluding carboxylic acids is 1. The van der Waals surface area contributed by atoms with Crippen LogP contribution in [0, 0.1) is 0 Å². The summed E-state index contributed by atoms with van der Waals surface area (Å²) in [5.41, 5.74) is 0.634. The molecule has 3 fully saturated rings. The first-order valence-electron chi connectivity index (χ1n) is 10.8. The van der Waals surface area contributed by atoms with Crippen LogP contribution in [0.2, 0.25) is 0 Å². The maximum absolute atomic E-state index is 13.3. The molecule has 1 N–H and O–H groups in total. The zero-order chi connectivity index (χ0) is 22.1. The van der Waals surface area contributed by atoms with E-state index in [-0.39, 0.29) is 23.7 Å². The van der Waals surface area contributed by atoms with Crippen LogP contribution in [0.1, 0.15) is 31.2 Å². The second-order valence-electron chi connectivity index (χ2n) is 8.05. The van der Waals surface area contributed by atoms with Gasteiger partial charge in [-0.25, -0.2) is 4.98 Å². The second kappa shape index (κ2) is 9.30. The molecule has 5 heterocycles. The number of carbonyl (C=O) groups is 1. The van der Waals surface area contributed by atoms with Gasteiger partial charge >= 0.3 is 0 Å². The van der Waals surface area contributed by atoms with Crippen molar-refractivity contribution in [1.29, 1.82) is 0 Å². The molecule has 2 aromatic rings. The van der Waals surface area contributed by atoms with E-state index in [1.165, 1.54) is 16.2 Å². The number of thiocarbonyl (C=S) groups is 1. The maximum Gasteiger partial charge on any atom is 0.267 e. The molecule has 2 aromatic heterocycles. The molecule has 0 aliphatic carbocycles. The number of anilines is 1. The van der Waals surface area contributed by atoms with Crippen LogP contribution in [0.3, 0.4) is 0 Å². The number of hydrogen-bond donors (Lipinski definition) is 1. The highest BCUT2D eigenvalue weighted by Crippen LogP contribution is 2.34. The van der Waals surface area contributed by atoms with Crippen LogP contribution in [0.4, 0.5) is 5.82 Å². The standard InChI is InChI=1S/C22H24N4O4S2/c27-20-16(11-17-21(28)26(22(31)32-17)13-15-6-4-10-30-15)19(23-12-14-5-3-9-29-14)24-18-7-1-2-8-25(18)20/h1-2,7-8,11,14-15,23H,3-6,9-10,12-13H2/b17-11+. The van der Waals surface area contributed by atoms with E-state index in [0.717, 1.165) is 32.3 Å². The van der Waals surface area contributed by atoms with Crippen molar-refractivity contribution in [2.75, 3.05) is 31.6 Å². The molecule has 0 saturated carbocycles. The van der Waals surface area contributed by atoms with Gasteiger partial charge in [-0.15, -0.1) is 0 Å². The minimum atomic E-state index is -0.241. The molecular weight excluding hydrogens is 448 g/mol. The highest BCUT2D eigenvalue weighted by atomic mass is 32.2. The maximum atomic E-state index is 13.3. The Morgan fingerprint density at radius 3 is 2.72 bits per heavy atom. The average Bonchev–Trinajstić information content (AvgIpc) is 3.55. The van der Waals surface area contributed by atoms with Gasteiger partial charge in [-0.05, 0) is 43.9 Å². The summed E-state index contributed by atoms with van der Waals surface area (Å²) >= 11 is 6.66. The minimum absolute atomic E-state index is 0.00782. The van der Waals surface area contributed by atoms with Gasteiger partial charge in [0.2, 0.25) is 0 Å². The molecule has 1 amide bonds. The van der Waals surface area contributed by atoms with Crippen molar-refractivity contribution in [2.24, 2.45) is 0 Å². The molecular formula is C22H24N4O4S2. The monoisotopic (exact) mass is 472 g/mol. The minimum Gasteiger partial charge on any atom is -0.376 e. The molecule has 3 aliphatic rings. The number of hydrogen-bond acceptors (Lipinski definition) is 8. The Morgan fingerprint density at radius 1 is 1.19 bits per heavy atom. The highest BCUT2D eigenvalue weighted by molar-refractivity contribution is 8.26. The number of nitrogens with one attached hydrogen (secondary N) is 1. The van der Waals surface area contributed by atoms with E-state index in [1.54, 1.807) is 29.3 Å². The van der Waals surface area contributed by atoms with E-state index in [0.29, 0.717) is 46.0 Å². The largest absolute Gasteiger partial charge is 0.376 e. The molecule has 0 bridgehead atoms. The molecule has 8 nitrogen and oxygen atoms in total. The summed E-state index contributed by atoms with van der Waals surface area (Å²) in [6, 6.07) is 5.39. The van der Waals surface area contributed by atoms with Gasteiger partial charge in [0, 0.05) is 26.0 Å². The third-order valence-corrected chi connectivity index (χ3v) is 7.23. The van der Waals surface area contributed by atoms with Gasteiger partial charge in [0.25, 0.3) is 11.5 Å². The Hall–Kier alpha value is -2.27. The Kier molecular flexibility index (Phi) is 6.27. The van der Waals surface area contributed by atoms with Crippen LogP contribution >= 0.6 is 24.0 Å². The number of rotatable bonds is 6. The lowest BCUT2D eigenvalue weighted by Crippen LogP contribution is -2.35. The van der Waals surface area contributed by atoms with Crippen LogP contribution in [-0.2, 0) is 14.3 Å². The van der Waals surface area contributed by atoms with Crippen molar-refractivity contribution in [3.8, 4) is 0 Å². The first-order chi connectivity index (χ1) is 15.6. The topological polar surface area (TPSA) is 85.2 Å². The molecule has 3 aliphatic heterocycles. The third kappa shape index (κ3) is 4.32. The van der Waals surface area contributed by atoms with E-state index in [2.05, 4.69) is 10.3 Å². The molecule has 32 heavy (non-hydrogen) atoms. The van der Waals surface area contributed by atoms with Crippen molar-refractivity contribution < 1.29 is 14.3 Å². The van der Waals surface area contributed by atoms with Crippen molar-refractivity contribution in [2.45, 2.75) is 37.9 Å². The van der Waals surface area contributed by atoms with Gasteiger partial charge in [0.1, 0.15) is 15.8 Å². The van der Waals surface area contributed by atoms with E-state index in [4.69, 9.17) is 21.7 Å². The van der Waals surface area contributed by atoms with Crippen molar-refractivity contribution in [3.63, 3.8) is 0 Å². The number of pyridine rings is 1. The van der Waals surface area contributed by atoms with Gasteiger partial charge in [0.15, 0.2) is 0 Å².